The summed E-state index contributed by atoms with van der Waals surface area (Å²) in [6.07, 6.45) is 7.59. The number of hydrogen-bond acceptors (Lipinski definition) is 5. The van der Waals surface area contributed by atoms with Crippen molar-refractivity contribution in [1.29, 1.82) is 0 Å². The molecule has 9 heteroatoms. The van der Waals surface area contributed by atoms with Gasteiger partial charge >= 0.3 is 6.03 Å². The molecule has 0 saturated carbocycles. The summed E-state index contributed by atoms with van der Waals surface area (Å²) in [6, 6.07) is 1.39. The Labute approximate surface area is 164 Å². The summed E-state index contributed by atoms with van der Waals surface area (Å²) in [5.41, 5.74) is 5.94. The normalized spacial score (nSPS) is 20.5. The second kappa shape index (κ2) is 6.89. The smallest absolute Gasteiger partial charge is 0.353 e. The molecular formula is C19H22N4O4S. The molecule has 2 amide bonds. The van der Waals surface area contributed by atoms with E-state index in [0.29, 0.717) is 5.88 Å². The van der Waals surface area contributed by atoms with Crippen LogP contribution in [0.4, 0.5) is 10.5 Å². The van der Waals surface area contributed by atoms with Crippen LogP contribution in [-0.4, -0.2) is 38.3 Å². The number of thiol groups is 1. The van der Waals surface area contributed by atoms with Gasteiger partial charge in [-0.15, -0.1) is 4.36 Å². The van der Waals surface area contributed by atoms with E-state index in [1.54, 1.807) is 0 Å². The van der Waals surface area contributed by atoms with Gasteiger partial charge in [0.2, 0.25) is 5.88 Å². The van der Waals surface area contributed by atoms with Gasteiger partial charge in [0, 0.05) is 5.69 Å². The number of urea groups is 1. The van der Waals surface area contributed by atoms with E-state index in [1.807, 2.05) is 0 Å². The van der Waals surface area contributed by atoms with Gasteiger partial charge in [-0.2, -0.15) is 5.10 Å². The highest BCUT2D eigenvalue weighted by molar-refractivity contribution is 7.75. The molecule has 2 heterocycles. The summed E-state index contributed by atoms with van der Waals surface area (Å²) < 4.78 is 23.5. The molecule has 2 aliphatic carbocycles. The maximum atomic E-state index is 12.7. The Hall–Kier alpha value is -2.39. The molecule has 1 aliphatic heterocycles. The fourth-order valence-corrected chi connectivity index (χ4v) is 5.29. The largest absolute Gasteiger partial charge is 0.475 e. The van der Waals surface area contributed by atoms with Crippen LogP contribution in [0, 0.1) is 0 Å². The zero-order valence-electron chi connectivity index (χ0n) is 15.3. The minimum Gasteiger partial charge on any atom is -0.475 e. The third-order valence-electron chi connectivity index (χ3n) is 5.79. The van der Waals surface area contributed by atoms with Crippen molar-refractivity contribution in [3.63, 3.8) is 0 Å². The van der Waals surface area contributed by atoms with Gasteiger partial charge in [-0.05, 0) is 60.8 Å². The molecule has 3 aliphatic rings. The summed E-state index contributed by atoms with van der Waals surface area (Å²) in [4.78, 5) is 12.9. The Morgan fingerprint density at radius 3 is 2.68 bits per heavy atom. The number of rotatable bonds is 3. The molecule has 1 aromatic heterocycles. The predicted molar refractivity (Wildman–Crippen MR) is 104 cm³/mol. The minimum absolute atomic E-state index is 0.118. The molecule has 2 N–H and O–H groups in total. The van der Waals surface area contributed by atoms with E-state index in [0.717, 1.165) is 44.2 Å². The molecule has 0 saturated heterocycles. The Morgan fingerprint density at radius 2 is 2.00 bits per heavy atom. The number of amides is 2. The average Bonchev–Trinajstić information content (AvgIpc) is 3.44. The molecule has 0 fully saturated rings. The number of carbonyl (C=O) groups excluding carboxylic acids is 1. The summed E-state index contributed by atoms with van der Waals surface area (Å²) in [5.74, 6) is 0.318. The first-order chi connectivity index (χ1) is 13.7. The Kier molecular flexibility index (Phi) is 4.36. The number of aryl methyl sites for hydroxylation is 2. The first-order valence-corrected chi connectivity index (χ1v) is 10.8. The van der Waals surface area contributed by atoms with Crippen LogP contribution in [0.3, 0.4) is 0 Å². The molecule has 0 bridgehead atoms. The molecule has 0 radical (unpaired) electrons. The maximum absolute atomic E-state index is 12.7. The second-order valence-corrected chi connectivity index (χ2v) is 8.69. The second-order valence-electron chi connectivity index (χ2n) is 7.46. The van der Waals surface area contributed by atoms with Crippen molar-refractivity contribution in [3.05, 3.63) is 34.5 Å². The van der Waals surface area contributed by atoms with E-state index in [2.05, 4.69) is 20.8 Å². The average molecular weight is 402 g/mol. The van der Waals surface area contributed by atoms with Gasteiger partial charge < -0.3 is 15.2 Å². The lowest BCUT2D eigenvalue weighted by Gasteiger charge is -2.14. The Balaban J connectivity index is 1.43. The molecule has 0 spiro atoms. The number of aliphatic hydroxyl groups excluding tert-OH is 1. The molecule has 5 rings (SSSR count). The maximum Gasteiger partial charge on any atom is 0.353 e. The van der Waals surface area contributed by atoms with Crippen LogP contribution in [0.15, 0.2) is 21.5 Å². The number of benzene rings is 1. The van der Waals surface area contributed by atoms with Gasteiger partial charge in [0.15, 0.2) is 0 Å². The first kappa shape index (κ1) is 17.7. The van der Waals surface area contributed by atoms with Gasteiger partial charge in [0.05, 0.1) is 23.4 Å². The standard InChI is InChI=1S/C19H22N4O4S/c24-9-13-10-27-18-16(8-20-23(13)18)28(26)22-19(25)21-17-14-5-1-3-11(14)7-12-4-2-6-15(12)17/h7-8,13,24,28H,1-6,9-10H2,(H,21,25)/t13-/m0/s1. The number of nitrogens with one attached hydrogen (secondary N) is 1. The van der Waals surface area contributed by atoms with Crippen molar-refractivity contribution in [3.8, 4) is 5.88 Å². The van der Waals surface area contributed by atoms with Crippen molar-refractivity contribution < 1.29 is 18.8 Å². The summed E-state index contributed by atoms with van der Waals surface area (Å²) in [6.45, 7) is 0.150. The molecule has 1 unspecified atom stereocenters. The van der Waals surface area contributed by atoms with Crippen LogP contribution in [0.5, 0.6) is 5.88 Å². The lowest BCUT2D eigenvalue weighted by molar-refractivity contribution is 0.206. The van der Waals surface area contributed by atoms with Crippen LogP contribution < -0.4 is 10.1 Å². The summed E-state index contributed by atoms with van der Waals surface area (Å²) in [7, 11) is -2.34. The number of ether oxygens (including phenoxy) is 1. The van der Waals surface area contributed by atoms with Crippen molar-refractivity contribution in [2.24, 2.45) is 4.36 Å². The zero-order chi connectivity index (χ0) is 19.3. The van der Waals surface area contributed by atoms with E-state index in [4.69, 9.17) is 4.74 Å². The first-order valence-electron chi connectivity index (χ1n) is 9.63. The van der Waals surface area contributed by atoms with Crippen molar-refractivity contribution in [2.75, 3.05) is 18.5 Å². The molecule has 8 nitrogen and oxygen atoms in total. The summed E-state index contributed by atoms with van der Waals surface area (Å²) in [5, 5.41) is 16.4. The quantitative estimate of drug-likeness (QED) is 0.682. The lowest BCUT2D eigenvalue weighted by atomic mass is 9.99. The van der Waals surface area contributed by atoms with Crippen molar-refractivity contribution in [2.45, 2.75) is 49.5 Å². The number of aromatic nitrogens is 2. The fourth-order valence-electron chi connectivity index (χ4n) is 4.48. The van der Waals surface area contributed by atoms with E-state index in [9.17, 15) is 14.1 Å². The zero-order valence-corrected chi connectivity index (χ0v) is 16.2. The van der Waals surface area contributed by atoms with Crippen molar-refractivity contribution >= 4 is 22.3 Å². The number of aliphatic hydroxyl groups is 1. The fraction of sp³-hybridized carbons (Fsp3) is 0.474. The molecule has 2 aromatic rings. The van der Waals surface area contributed by atoms with Crippen LogP contribution in [-0.2, 0) is 36.3 Å². The van der Waals surface area contributed by atoms with Crippen LogP contribution in [0.2, 0.25) is 0 Å². The van der Waals surface area contributed by atoms with E-state index in [1.165, 1.54) is 33.1 Å². The third kappa shape index (κ3) is 2.80. The van der Waals surface area contributed by atoms with Gasteiger partial charge in [-0.3, -0.25) is 0 Å². The lowest BCUT2D eigenvalue weighted by Crippen LogP contribution is -2.12. The number of fused-ring (bicyclic) bond motifs is 3. The molecule has 148 valence electrons. The highest BCUT2D eigenvalue weighted by Gasteiger charge is 2.28. The SMILES string of the molecule is O=C(N=[SH](=O)c1cnn2c1OC[C@@H]2CO)Nc1c2c(cc3c1CCC3)CCC2. The molecule has 28 heavy (non-hydrogen) atoms. The Morgan fingerprint density at radius 1 is 1.29 bits per heavy atom. The molecular weight excluding hydrogens is 380 g/mol. The van der Waals surface area contributed by atoms with E-state index in [-0.39, 0.29) is 24.2 Å². The minimum atomic E-state index is -2.34. The van der Waals surface area contributed by atoms with Gasteiger partial charge in [-0.25, -0.2) is 13.7 Å². The number of nitrogens with zero attached hydrogens (tertiary/aromatic N) is 3. The molecule has 2 atom stereocenters. The van der Waals surface area contributed by atoms with Gasteiger partial charge in [0.1, 0.15) is 17.5 Å². The van der Waals surface area contributed by atoms with Crippen LogP contribution in [0.25, 0.3) is 0 Å². The highest BCUT2D eigenvalue weighted by Crippen LogP contribution is 2.38. The van der Waals surface area contributed by atoms with Gasteiger partial charge in [-0.1, -0.05) is 6.07 Å². The van der Waals surface area contributed by atoms with Crippen LogP contribution >= 0.6 is 0 Å². The van der Waals surface area contributed by atoms with E-state index < -0.39 is 16.6 Å². The topological polar surface area (TPSA) is 106 Å². The summed E-state index contributed by atoms with van der Waals surface area (Å²) >= 11 is 0. The van der Waals surface area contributed by atoms with Crippen LogP contribution in [0.1, 0.15) is 41.1 Å². The molecule has 1 aromatic carbocycles. The highest BCUT2D eigenvalue weighted by atomic mass is 32.2. The monoisotopic (exact) mass is 402 g/mol. The third-order valence-corrected chi connectivity index (χ3v) is 6.88. The van der Waals surface area contributed by atoms with Crippen molar-refractivity contribution in [1.82, 2.24) is 9.78 Å². The van der Waals surface area contributed by atoms with Gasteiger partial charge in [0.25, 0.3) is 0 Å². The Bertz CT molecular complexity index is 1020. The predicted octanol–water partition coefficient (Wildman–Crippen LogP) is 2.04. The number of carbonyl (C=O) groups is 1. The number of hydrogen-bond donors (Lipinski definition) is 3. The number of anilines is 1. The van der Waals surface area contributed by atoms with E-state index >= 15 is 0 Å².